The molecule has 0 bridgehead atoms. The third-order valence-corrected chi connectivity index (χ3v) is 4.09. The lowest BCUT2D eigenvalue weighted by Gasteiger charge is -2.05. The maximum atomic E-state index is 12.7. The average molecular weight is 388 g/mol. The fourth-order valence-corrected chi connectivity index (χ4v) is 2.65. The van der Waals surface area contributed by atoms with Gasteiger partial charge in [-0.2, -0.15) is 9.78 Å². The predicted molar refractivity (Wildman–Crippen MR) is 105 cm³/mol. The van der Waals surface area contributed by atoms with Gasteiger partial charge in [-0.15, -0.1) is 5.10 Å². The molecule has 0 fully saturated rings. The monoisotopic (exact) mass is 388 g/mol. The molecule has 29 heavy (non-hydrogen) atoms. The van der Waals surface area contributed by atoms with Crippen molar-refractivity contribution in [1.29, 1.82) is 0 Å². The zero-order chi connectivity index (χ0) is 20.2. The summed E-state index contributed by atoms with van der Waals surface area (Å²) in [4.78, 5) is 12.7. The molecule has 0 aliphatic rings. The van der Waals surface area contributed by atoms with Crippen LogP contribution >= 0.6 is 0 Å². The van der Waals surface area contributed by atoms with Crippen LogP contribution in [-0.2, 0) is 0 Å². The fraction of sp³-hybridized carbons (Fsp3) is 0.0526. The summed E-state index contributed by atoms with van der Waals surface area (Å²) in [5.41, 5.74) is 11.4. The molecule has 2 aromatic heterocycles. The molecule has 4 aromatic rings. The minimum absolute atomic E-state index is 0.0245. The minimum Gasteiger partial charge on any atom is -0.378 e. The van der Waals surface area contributed by atoms with Crippen molar-refractivity contribution in [2.24, 2.45) is 5.10 Å². The van der Waals surface area contributed by atoms with Crippen LogP contribution in [0.15, 0.2) is 64.3 Å². The summed E-state index contributed by atoms with van der Waals surface area (Å²) < 4.78 is 5.95. The zero-order valence-corrected chi connectivity index (χ0v) is 15.4. The molecule has 0 saturated heterocycles. The van der Waals surface area contributed by atoms with E-state index in [2.05, 4.69) is 35.8 Å². The molecular weight excluding hydrogens is 372 g/mol. The molecule has 144 valence electrons. The number of nitrogen functional groups attached to an aromatic ring is 1. The van der Waals surface area contributed by atoms with Gasteiger partial charge in [-0.1, -0.05) is 65.4 Å². The maximum Gasteiger partial charge on any atom is 0.294 e. The quantitative estimate of drug-likeness (QED) is 0.394. The molecule has 0 spiro atoms. The van der Waals surface area contributed by atoms with Crippen molar-refractivity contribution >= 4 is 17.9 Å². The third kappa shape index (κ3) is 3.72. The highest BCUT2D eigenvalue weighted by molar-refractivity contribution is 5.98. The van der Waals surface area contributed by atoms with E-state index in [1.54, 1.807) is 6.21 Å². The molecule has 10 heteroatoms. The summed E-state index contributed by atoms with van der Waals surface area (Å²) in [6.07, 6.45) is 1.55. The van der Waals surface area contributed by atoms with Gasteiger partial charge in [0, 0.05) is 5.56 Å². The van der Waals surface area contributed by atoms with Crippen molar-refractivity contribution in [2.75, 3.05) is 5.73 Å². The predicted octanol–water partition coefficient (Wildman–Crippen LogP) is 1.97. The number of rotatable bonds is 5. The van der Waals surface area contributed by atoms with Gasteiger partial charge in [-0.05, 0) is 22.8 Å². The van der Waals surface area contributed by atoms with Crippen LogP contribution in [0.25, 0.3) is 17.1 Å². The van der Waals surface area contributed by atoms with Crippen molar-refractivity contribution < 1.29 is 9.42 Å². The van der Waals surface area contributed by atoms with Crippen LogP contribution in [0.5, 0.6) is 0 Å². The summed E-state index contributed by atoms with van der Waals surface area (Å²) in [6, 6.07) is 16.8. The summed E-state index contributed by atoms with van der Waals surface area (Å²) in [5, 5.41) is 19.3. The van der Waals surface area contributed by atoms with E-state index >= 15 is 0 Å². The zero-order valence-electron chi connectivity index (χ0n) is 15.4. The number of aromatic nitrogens is 5. The van der Waals surface area contributed by atoms with Crippen molar-refractivity contribution in [2.45, 2.75) is 6.92 Å². The van der Waals surface area contributed by atoms with Gasteiger partial charge in [0.25, 0.3) is 5.91 Å². The average Bonchev–Trinajstić information content (AvgIpc) is 3.36. The Kier molecular flexibility index (Phi) is 4.81. The molecule has 2 aromatic carbocycles. The first kappa shape index (κ1) is 18.0. The number of amides is 1. The lowest BCUT2D eigenvalue weighted by atomic mass is 10.1. The number of benzene rings is 2. The van der Waals surface area contributed by atoms with Crippen LogP contribution in [0.1, 0.15) is 21.6 Å². The van der Waals surface area contributed by atoms with E-state index in [0.717, 1.165) is 11.1 Å². The first-order chi connectivity index (χ1) is 14.1. The van der Waals surface area contributed by atoms with E-state index < -0.39 is 5.91 Å². The molecule has 4 rings (SSSR count). The lowest BCUT2D eigenvalue weighted by molar-refractivity contribution is 0.0950. The smallest absolute Gasteiger partial charge is 0.294 e. The topological polar surface area (TPSA) is 137 Å². The van der Waals surface area contributed by atoms with Gasteiger partial charge in [0.05, 0.1) is 6.21 Å². The molecule has 1 amide bonds. The number of hydrazone groups is 1. The summed E-state index contributed by atoms with van der Waals surface area (Å²) in [5.74, 6) is -0.372. The van der Waals surface area contributed by atoms with Crippen LogP contribution in [0.3, 0.4) is 0 Å². The van der Waals surface area contributed by atoms with Crippen LogP contribution in [0.2, 0.25) is 0 Å². The number of nitrogens with one attached hydrogen (secondary N) is 1. The summed E-state index contributed by atoms with van der Waals surface area (Å²) in [6.45, 7) is 1.99. The van der Waals surface area contributed by atoms with Gasteiger partial charge in [-0.3, -0.25) is 4.79 Å². The van der Waals surface area contributed by atoms with Crippen molar-refractivity contribution in [3.8, 4) is 17.1 Å². The Labute approximate surface area is 165 Å². The Morgan fingerprint density at radius 3 is 2.59 bits per heavy atom. The van der Waals surface area contributed by atoms with Crippen LogP contribution < -0.4 is 11.2 Å². The molecule has 0 saturated carbocycles. The number of aryl methyl sites for hydroxylation is 1. The molecular formula is C19H16N8O2. The van der Waals surface area contributed by atoms with Crippen LogP contribution in [0.4, 0.5) is 5.82 Å². The van der Waals surface area contributed by atoms with Crippen molar-refractivity contribution in [3.63, 3.8) is 0 Å². The van der Waals surface area contributed by atoms with E-state index in [4.69, 9.17) is 5.73 Å². The highest BCUT2D eigenvalue weighted by Gasteiger charge is 2.24. The van der Waals surface area contributed by atoms with Crippen molar-refractivity contribution in [3.05, 3.63) is 71.4 Å². The Morgan fingerprint density at radius 1 is 1.14 bits per heavy atom. The molecule has 0 aliphatic carbocycles. The van der Waals surface area contributed by atoms with Gasteiger partial charge in [-0.25, -0.2) is 10.1 Å². The van der Waals surface area contributed by atoms with Gasteiger partial charge in [0.15, 0.2) is 5.69 Å². The highest BCUT2D eigenvalue weighted by atomic mass is 16.6. The highest BCUT2D eigenvalue weighted by Crippen LogP contribution is 2.26. The van der Waals surface area contributed by atoms with Gasteiger partial charge in [0.1, 0.15) is 5.69 Å². The van der Waals surface area contributed by atoms with E-state index in [9.17, 15) is 4.79 Å². The molecule has 2 heterocycles. The molecule has 0 radical (unpaired) electrons. The van der Waals surface area contributed by atoms with Crippen molar-refractivity contribution in [1.82, 2.24) is 30.7 Å². The molecule has 0 atom stereocenters. The Bertz CT molecular complexity index is 1160. The lowest BCUT2D eigenvalue weighted by Crippen LogP contribution is -2.19. The summed E-state index contributed by atoms with van der Waals surface area (Å²) >= 11 is 0. The second-order valence-electron chi connectivity index (χ2n) is 6.15. The second kappa shape index (κ2) is 7.72. The molecule has 0 aliphatic heterocycles. The number of anilines is 1. The number of carbonyl (C=O) groups is 1. The Morgan fingerprint density at radius 2 is 1.90 bits per heavy atom. The SMILES string of the molecule is Cc1ccc(/C=N\NC(=O)c2nnn(-c3nonc3N)c2-c2ccccc2)cc1. The minimum atomic E-state index is -0.534. The number of carbonyl (C=O) groups excluding carboxylic acids is 1. The number of hydrogen-bond donors (Lipinski definition) is 2. The largest absolute Gasteiger partial charge is 0.378 e. The normalized spacial score (nSPS) is 11.1. The van der Waals surface area contributed by atoms with E-state index in [-0.39, 0.29) is 17.3 Å². The first-order valence-electron chi connectivity index (χ1n) is 8.63. The maximum absolute atomic E-state index is 12.7. The fourth-order valence-electron chi connectivity index (χ4n) is 2.65. The van der Waals surface area contributed by atoms with Crippen LogP contribution in [0, 0.1) is 6.92 Å². The first-order valence-corrected chi connectivity index (χ1v) is 8.63. The Balaban J connectivity index is 1.66. The van der Waals surface area contributed by atoms with E-state index in [1.165, 1.54) is 4.68 Å². The molecule has 3 N–H and O–H groups in total. The van der Waals surface area contributed by atoms with Gasteiger partial charge < -0.3 is 5.73 Å². The summed E-state index contributed by atoms with van der Waals surface area (Å²) in [7, 11) is 0. The number of hydrogen-bond acceptors (Lipinski definition) is 8. The second-order valence-corrected chi connectivity index (χ2v) is 6.15. The van der Waals surface area contributed by atoms with E-state index in [1.807, 2.05) is 61.5 Å². The molecule has 0 unspecified atom stereocenters. The van der Waals surface area contributed by atoms with Gasteiger partial charge in [0.2, 0.25) is 11.6 Å². The number of nitrogens with two attached hydrogens (primary N) is 1. The van der Waals surface area contributed by atoms with Gasteiger partial charge >= 0.3 is 0 Å². The van der Waals surface area contributed by atoms with Crippen LogP contribution in [-0.4, -0.2) is 37.4 Å². The standard InChI is InChI=1S/C19H16N8O2/c1-12-7-9-13(10-8-12)11-21-23-19(28)15-16(14-5-3-2-4-6-14)27(26-22-15)18-17(20)24-29-25-18/h2-11H,1H3,(H2,20,24)(H,23,28)/b21-11-. The molecule has 10 nitrogen and oxygen atoms in total. The third-order valence-electron chi connectivity index (χ3n) is 4.09. The Hall–Kier alpha value is -4.34. The number of nitrogens with zero attached hydrogens (tertiary/aromatic N) is 6. The van der Waals surface area contributed by atoms with E-state index in [0.29, 0.717) is 11.3 Å².